The summed E-state index contributed by atoms with van der Waals surface area (Å²) in [7, 11) is 0. The SMILES string of the molecule is c1ccc(N2c3ncncc3-c3cc(-c4cccc(-n5c6ccccc6c6ccccc65)c4)cc4cccc2c34)cc1. The van der Waals surface area contributed by atoms with E-state index in [0.717, 1.165) is 34.0 Å². The predicted molar refractivity (Wildman–Crippen MR) is 173 cm³/mol. The second-order valence-electron chi connectivity index (χ2n) is 10.8. The summed E-state index contributed by atoms with van der Waals surface area (Å²) in [4.78, 5) is 11.5. The number of nitrogens with zero attached hydrogens (tertiary/aromatic N) is 4. The average molecular weight is 537 g/mol. The lowest BCUT2D eigenvalue weighted by Gasteiger charge is -2.32. The second-order valence-corrected chi connectivity index (χ2v) is 10.8. The van der Waals surface area contributed by atoms with Crippen LogP contribution in [0.15, 0.2) is 146 Å². The number of rotatable bonds is 3. The van der Waals surface area contributed by atoms with E-state index in [1.54, 1.807) is 6.33 Å². The van der Waals surface area contributed by atoms with Gasteiger partial charge in [0.15, 0.2) is 0 Å². The molecule has 0 saturated heterocycles. The second kappa shape index (κ2) is 8.88. The van der Waals surface area contributed by atoms with Gasteiger partial charge in [0.05, 0.1) is 16.7 Å². The first-order valence-corrected chi connectivity index (χ1v) is 14.2. The minimum absolute atomic E-state index is 0.896. The van der Waals surface area contributed by atoms with Crippen molar-refractivity contribution in [2.45, 2.75) is 0 Å². The van der Waals surface area contributed by atoms with Gasteiger partial charge in [-0.1, -0.05) is 78.9 Å². The molecule has 4 heteroatoms. The number of hydrogen-bond donors (Lipinski definition) is 0. The highest BCUT2D eigenvalue weighted by atomic mass is 15.2. The molecule has 9 rings (SSSR count). The van der Waals surface area contributed by atoms with Crippen LogP contribution in [0.2, 0.25) is 0 Å². The van der Waals surface area contributed by atoms with Crippen LogP contribution in [0.4, 0.5) is 17.2 Å². The van der Waals surface area contributed by atoms with Crippen LogP contribution in [0.3, 0.4) is 0 Å². The monoisotopic (exact) mass is 536 g/mol. The minimum Gasteiger partial charge on any atom is -0.309 e. The molecule has 1 aliphatic heterocycles. The van der Waals surface area contributed by atoms with Gasteiger partial charge in [-0.05, 0) is 76.7 Å². The van der Waals surface area contributed by atoms with Gasteiger partial charge >= 0.3 is 0 Å². The highest BCUT2D eigenvalue weighted by Crippen LogP contribution is 2.50. The van der Waals surface area contributed by atoms with Crippen LogP contribution >= 0.6 is 0 Å². The third-order valence-electron chi connectivity index (χ3n) is 8.42. The Hall–Kier alpha value is -5.74. The Labute approximate surface area is 242 Å². The van der Waals surface area contributed by atoms with E-state index in [-0.39, 0.29) is 0 Å². The molecule has 196 valence electrons. The minimum atomic E-state index is 0.896. The summed E-state index contributed by atoms with van der Waals surface area (Å²) >= 11 is 0. The van der Waals surface area contributed by atoms with Crippen molar-refractivity contribution in [1.82, 2.24) is 14.5 Å². The predicted octanol–water partition coefficient (Wildman–Crippen LogP) is 9.84. The Morgan fingerprint density at radius 3 is 2.05 bits per heavy atom. The van der Waals surface area contributed by atoms with Crippen molar-refractivity contribution in [3.63, 3.8) is 0 Å². The fourth-order valence-electron chi connectivity index (χ4n) is 6.64. The third-order valence-corrected chi connectivity index (χ3v) is 8.42. The van der Waals surface area contributed by atoms with Gasteiger partial charge in [0, 0.05) is 39.3 Å². The molecule has 0 aliphatic carbocycles. The van der Waals surface area contributed by atoms with E-state index in [0.29, 0.717) is 0 Å². The van der Waals surface area contributed by atoms with Gasteiger partial charge in [0.1, 0.15) is 12.1 Å². The molecule has 6 aromatic carbocycles. The molecule has 0 unspecified atom stereocenters. The zero-order valence-electron chi connectivity index (χ0n) is 22.6. The van der Waals surface area contributed by atoms with Crippen molar-refractivity contribution in [3.8, 4) is 27.9 Å². The van der Waals surface area contributed by atoms with Crippen molar-refractivity contribution in [2.24, 2.45) is 0 Å². The Kier molecular flexibility index (Phi) is 4.87. The highest BCUT2D eigenvalue weighted by molar-refractivity contribution is 6.14. The van der Waals surface area contributed by atoms with Crippen LogP contribution in [0.5, 0.6) is 0 Å². The normalized spacial score (nSPS) is 12.2. The highest BCUT2D eigenvalue weighted by Gasteiger charge is 2.27. The number of aromatic nitrogens is 3. The van der Waals surface area contributed by atoms with Crippen molar-refractivity contribution >= 4 is 49.8 Å². The van der Waals surface area contributed by atoms with Crippen LogP contribution in [-0.4, -0.2) is 14.5 Å². The largest absolute Gasteiger partial charge is 0.309 e. The van der Waals surface area contributed by atoms with Crippen LogP contribution in [0.1, 0.15) is 0 Å². The molecule has 0 N–H and O–H groups in total. The van der Waals surface area contributed by atoms with E-state index in [9.17, 15) is 0 Å². The smallest absolute Gasteiger partial charge is 0.148 e. The zero-order valence-corrected chi connectivity index (χ0v) is 22.6. The first kappa shape index (κ1) is 23.0. The topological polar surface area (TPSA) is 34.0 Å². The summed E-state index contributed by atoms with van der Waals surface area (Å²) in [6, 6.07) is 47.8. The lowest BCUT2D eigenvalue weighted by Crippen LogP contribution is -2.16. The molecule has 0 saturated carbocycles. The fourth-order valence-corrected chi connectivity index (χ4v) is 6.64. The molecule has 8 aromatic rings. The molecule has 0 radical (unpaired) electrons. The average Bonchev–Trinajstić information content (AvgIpc) is 3.40. The Balaban J connectivity index is 1.27. The molecule has 1 aliphatic rings. The standard InChI is InChI=1S/C38H24N4/c1-2-12-28(13-3-1)42-36-19-9-11-26-20-27(22-32(37(26)36)33-23-39-24-40-38(33)42)25-10-8-14-29(21-25)41-34-17-6-4-15-30(34)31-16-5-7-18-35(31)41/h1-24H. The molecule has 4 nitrogen and oxygen atoms in total. The molecule has 42 heavy (non-hydrogen) atoms. The number of hydrogen-bond acceptors (Lipinski definition) is 3. The van der Waals surface area contributed by atoms with E-state index in [2.05, 4.69) is 142 Å². The van der Waals surface area contributed by atoms with E-state index >= 15 is 0 Å². The van der Waals surface area contributed by atoms with E-state index in [1.165, 1.54) is 43.7 Å². The molecule has 0 bridgehead atoms. The van der Waals surface area contributed by atoms with E-state index < -0.39 is 0 Å². The molecular weight excluding hydrogens is 512 g/mol. The van der Waals surface area contributed by atoms with Gasteiger partial charge in [-0.15, -0.1) is 0 Å². The van der Waals surface area contributed by atoms with Crippen molar-refractivity contribution in [1.29, 1.82) is 0 Å². The van der Waals surface area contributed by atoms with E-state index in [4.69, 9.17) is 4.98 Å². The van der Waals surface area contributed by atoms with Gasteiger partial charge < -0.3 is 4.57 Å². The van der Waals surface area contributed by atoms with Gasteiger partial charge in [0.25, 0.3) is 0 Å². The van der Waals surface area contributed by atoms with Gasteiger partial charge in [-0.25, -0.2) is 9.97 Å². The van der Waals surface area contributed by atoms with Crippen LogP contribution in [-0.2, 0) is 0 Å². The van der Waals surface area contributed by atoms with Gasteiger partial charge in [-0.3, -0.25) is 4.90 Å². The molecule has 3 heterocycles. The molecule has 2 aromatic heterocycles. The maximum Gasteiger partial charge on any atom is 0.148 e. The summed E-state index contributed by atoms with van der Waals surface area (Å²) < 4.78 is 2.37. The van der Waals surface area contributed by atoms with E-state index in [1.807, 2.05) is 12.3 Å². The van der Waals surface area contributed by atoms with Crippen LogP contribution < -0.4 is 4.90 Å². The maximum absolute atomic E-state index is 4.78. The summed E-state index contributed by atoms with van der Waals surface area (Å²) in [5, 5.41) is 4.94. The van der Waals surface area contributed by atoms with Crippen molar-refractivity contribution in [3.05, 3.63) is 146 Å². The number of para-hydroxylation sites is 3. The Bertz CT molecular complexity index is 2260. The van der Waals surface area contributed by atoms with Crippen molar-refractivity contribution in [2.75, 3.05) is 4.90 Å². The lowest BCUT2D eigenvalue weighted by molar-refractivity contribution is 1.11. The fraction of sp³-hybridized carbons (Fsp3) is 0. The maximum atomic E-state index is 4.78. The quantitative estimate of drug-likeness (QED) is 0.225. The van der Waals surface area contributed by atoms with Crippen molar-refractivity contribution < 1.29 is 0 Å². The molecule has 0 fully saturated rings. The zero-order chi connectivity index (χ0) is 27.6. The molecule has 0 atom stereocenters. The number of anilines is 3. The van der Waals surface area contributed by atoms with Crippen LogP contribution in [0.25, 0.3) is 60.5 Å². The number of benzene rings is 6. The Morgan fingerprint density at radius 2 is 1.24 bits per heavy atom. The van der Waals surface area contributed by atoms with Gasteiger partial charge in [-0.2, -0.15) is 0 Å². The lowest BCUT2D eigenvalue weighted by atomic mass is 9.89. The molecular formula is C38H24N4. The summed E-state index contributed by atoms with van der Waals surface area (Å²) in [6.07, 6.45) is 3.58. The van der Waals surface area contributed by atoms with Gasteiger partial charge in [0.2, 0.25) is 0 Å². The summed E-state index contributed by atoms with van der Waals surface area (Å²) in [5.74, 6) is 0.896. The molecule has 0 spiro atoms. The molecule has 0 amide bonds. The Morgan fingerprint density at radius 1 is 0.524 bits per heavy atom. The summed E-state index contributed by atoms with van der Waals surface area (Å²) in [6.45, 7) is 0. The first-order valence-electron chi connectivity index (χ1n) is 14.2. The number of fused-ring (bicyclic) bond motifs is 5. The third kappa shape index (κ3) is 3.29. The first-order chi connectivity index (χ1) is 20.8. The van der Waals surface area contributed by atoms with Crippen LogP contribution in [0, 0.1) is 0 Å². The summed E-state index contributed by atoms with van der Waals surface area (Å²) in [5.41, 5.74) is 10.3.